The molecule has 1 saturated heterocycles. The van der Waals surface area contributed by atoms with Gasteiger partial charge in [-0.25, -0.2) is 19.6 Å². The van der Waals surface area contributed by atoms with Crippen molar-refractivity contribution < 1.29 is 13.6 Å². The van der Waals surface area contributed by atoms with E-state index in [1.165, 1.54) is 0 Å². The molecule has 182 valence electrons. The first-order valence-corrected chi connectivity index (χ1v) is 11.5. The van der Waals surface area contributed by atoms with Gasteiger partial charge in [0.25, 0.3) is 0 Å². The van der Waals surface area contributed by atoms with E-state index in [4.69, 9.17) is 5.10 Å². The Kier molecular flexibility index (Phi) is 6.48. The smallest absolute Gasteiger partial charge is 0.303 e. The minimum Gasteiger partial charge on any atom is -0.353 e. The van der Waals surface area contributed by atoms with Crippen LogP contribution in [0.4, 0.5) is 20.4 Å². The maximum Gasteiger partial charge on any atom is 0.303 e. The molecule has 11 heteroatoms. The first kappa shape index (κ1) is 23.9. The summed E-state index contributed by atoms with van der Waals surface area (Å²) >= 11 is 0. The molecular weight excluding hydrogens is 442 g/mol. The van der Waals surface area contributed by atoms with Gasteiger partial charge in [0.1, 0.15) is 5.82 Å². The lowest BCUT2D eigenvalue weighted by atomic mass is 10.2. The molecule has 1 N–H and O–H groups in total. The molecule has 4 rings (SSSR count). The van der Waals surface area contributed by atoms with Gasteiger partial charge in [0.15, 0.2) is 11.6 Å². The number of hydrogen-bond acceptors (Lipinski definition) is 7. The van der Waals surface area contributed by atoms with E-state index in [0.717, 1.165) is 31.8 Å². The Balaban J connectivity index is 1.88. The van der Waals surface area contributed by atoms with Gasteiger partial charge in [0.05, 0.1) is 10.9 Å². The topological polar surface area (TPSA) is 92.1 Å². The van der Waals surface area contributed by atoms with E-state index >= 15 is 0 Å². The highest BCUT2D eigenvalue weighted by atomic mass is 19.3. The van der Waals surface area contributed by atoms with Crippen LogP contribution >= 0.6 is 0 Å². The van der Waals surface area contributed by atoms with Gasteiger partial charge < -0.3 is 15.1 Å². The molecule has 0 saturated carbocycles. The van der Waals surface area contributed by atoms with Crippen molar-refractivity contribution >= 4 is 28.4 Å². The predicted octanol–water partition coefficient (Wildman–Crippen LogP) is 3.37. The molecule has 0 aliphatic carbocycles. The standard InChI is InChI=1S/C23H30F2N8O/c1-6-14-10-19(29-22(27-14)23(3,24)25)33-17-11-18(28-20(34)7-2)26-12-16(17)21(30-33)32-9-8-15(13-32)31(4)5/h10-12,15H,6-9,13H2,1-5H3,(H,26,28,34). The first-order valence-electron chi connectivity index (χ1n) is 11.5. The minimum atomic E-state index is -3.19. The molecule has 0 radical (unpaired) electrons. The number of carbonyl (C=O) groups is 1. The van der Waals surface area contributed by atoms with Gasteiger partial charge in [0.2, 0.25) is 11.7 Å². The van der Waals surface area contributed by atoms with E-state index in [0.29, 0.717) is 41.7 Å². The minimum absolute atomic E-state index is 0.172. The molecule has 1 fully saturated rings. The molecule has 0 aromatic carbocycles. The van der Waals surface area contributed by atoms with Crippen LogP contribution in [0.2, 0.25) is 0 Å². The fraction of sp³-hybridized carbons (Fsp3) is 0.522. The number of likely N-dealkylation sites (N-methyl/N-ethyl adjacent to an activating group) is 1. The average molecular weight is 473 g/mol. The second-order valence-electron chi connectivity index (χ2n) is 8.86. The molecule has 0 bridgehead atoms. The summed E-state index contributed by atoms with van der Waals surface area (Å²) in [5.74, 6) is -2.58. The number of rotatable bonds is 7. The summed E-state index contributed by atoms with van der Waals surface area (Å²) in [7, 11) is 4.10. The number of nitrogens with one attached hydrogen (secondary N) is 1. The highest BCUT2D eigenvalue weighted by Gasteiger charge is 2.31. The summed E-state index contributed by atoms with van der Waals surface area (Å²) in [5, 5.41) is 8.33. The zero-order valence-corrected chi connectivity index (χ0v) is 20.1. The van der Waals surface area contributed by atoms with Crippen molar-refractivity contribution in [2.75, 3.05) is 37.4 Å². The fourth-order valence-corrected chi connectivity index (χ4v) is 4.03. The summed E-state index contributed by atoms with van der Waals surface area (Å²) in [6, 6.07) is 3.76. The molecular formula is C23H30F2N8O. The van der Waals surface area contributed by atoms with Crippen LogP contribution in [0.15, 0.2) is 18.3 Å². The van der Waals surface area contributed by atoms with Crippen LogP contribution in [0.5, 0.6) is 0 Å². The van der Waals surface area contributed by atoms with Crippen molar-refractivity contribution in [1.29, 1.82) is 0 Å². The molecule has 1 amide bonds. The Morgan fingerprint density at radius 3 is 2.65 bits per heavy atom. The van der Waals surface area contributed by atoms with E-state index in [1.54, 1.807) is 29.9 Å². The lowest BCUT2D eigenvalue weighted by Crippen LogP contribution is -2.31. The lowest BCUT2D eigenvalue weighted by molar-refractivity contribution is -0.115. The molecule has 9 nitrogen and oxygen atoms in total. The van der Waals surface area contributed by atoms with E-state index < -0.39 is 11.7 Å². The van der Waals surface area contributed by atoms with Crippen LogP contribution in [0.1, 0.15) is 45.1 Å². The monoisotopic (exact) mass is 472 g/mol. The Morgan fingerprint density at radius 1 is 1.26 bits per heavy atom. The van der Waals surface area contributed by atoms with Gasteiger partial charge in [-0.05, 0) is 26.9 Å². The van der Waals surface area contributed by atoms with Crippen molar-refractivity contribution in [1.82, 2.24) is 29.6 Å². The van der Waals surface area contributed by atoms with Crippen molar-refractivity contribution in [3.8, 4) is 5.82 Å². The fourth-order valence-electron chi connectivity index (χ4n) is 4.03. The van der Waals surface area contributed by atoms with Gasteiger partial charge in [0, 0.05) is 56.5 Å². The van der Waals surface area contributed by atoms with Crippen molar-refractivity contribution in [2.45, 2.75) is 52.0 Å². The van der Waals surface area contributed by atoms with Gasteiger partial charge in [-0.1, -0.05) is 13.8 Å². The summed E-state index contributed by atoms with van der Waals surface area (Å²) in [6.07, 6.45) is 3.43. The lowest BCUT2D eigenvalue weighted by Gasteiger charge is -2.20. The quantitative estimate of drug-likeness (QED) is 0.564. The normalized spacial score (nSPS) is 16.6. The number of carbonyl (C=O) groups excluding carboxylic acids is 1. The number of alkyl halides is 2. The molecule has 1 aliphatic heterocycles. The predicted molar refractivity (Wildman–Crippen MR) is 127 cm³/mol. The number of pyridine rings is 1. The van der Waals surface area contributed by atoms with Crippen molar-refractivity contribution in [2.24, 2.45) is 0 Å². The number of anilines is 2. The van der Waals surface area contributed by atoms with Crippen LogP contribution in [-0.2, 0) is 17.1 Å². The Labute approximate surface area is 197 Å². The first-order chi connectivity index (χ1) is 16.1. The molecule has 4 heterocycles. The largest absolute Gasteiger partial charge is 0.353 e. The van der Waals surface area contributed by atoms with Crippen molar-refractivity contribution in [3.05, 3.63) is 29.8 Å². The van der Waals surface area contributed by atoms with Crippen LogP contribution < -0.4 is 10.2 Å². The maximum atomic E-state index is 14.2. The van der Waals surface area contributed by atoms with Crippen LogP contribution in [0, 0.1) is 0 Å². The third-order valence-corrected chi connectivity index (χ3v) is 6.07. The number of aromatic nitrogens is 5. The highest BCUT2D eigenvalue weighted by molar-refractivity contribution is 5.95. The molecule has 1 unspecified atom stereocenters. The third kappa shape index (κ3) is 4.70. The number of hydrogen-bond donors (Lipinski definition) is 1. The SMILES string of the molecule is CCC(=O)Nc1cc2c(cn1)c(N1CCC(N(C)C)C1)nn2-c1cc(CC)nc(C(C)(F)F)n1. The number of amides is 1. The molecule has 34 heavy (non-hydrogen) atoms. The van der Waals surface area contributed by atoms with Crippen molar-refractivity contribution in [3.63, 3.8) is 0 Å². The van der Waals surface area contributed by atoms with Gasteiger partial charge in [-0.2, -0.15) is 8.78 Å². The number of fused-ring (bicyclic) bond motifs is 1. The Hall–Kier alpha value is -3.21. The van der Waals surface area contributed by atoms with Crippen LogP contribution in [0.25, 0.3) is 16.7 Å². The van der Waals surface area contributed by atoms with Gasteiger partial charge >= 0.3 is 5.92 Å². The molecule has 0 spiro atoms. The van der Waals surface area contributed by atoms with E-state index in [-0.39, 0.29) is 11.7 Å². The molecule has 3 aromatic rings. The van der Waals surface area contributed by atoms with E-state index in [9.17, 15) is 13.6 Å². The van der Waals surface area contributed by atoms with Gasteiger partial charge in [-0.15, -0.1) is 5.10 Å². The number of halogens is 2. The average Bonchev–Trinajstić information content (AvgIpc) is 3.43. The zero-order valence-electron chi connectivity index (χ0n) is 20.1. The Bertz CT molecular complexity index is 1200. The second kappa shape index (κ2) is 9.21. The summed E-state index contributed by atoms with van der Waals surface area (Å²) < 4.78 is 29.9. The number of aryl methyl sites for hydroxylation is 1. The van der Waals surface area contributed by atoms with E-state index in [2.05, 4.69) is 44.2 Å². The summed E-state index contributed by atoms with van der Waals surface area (Å²) in [5.41, 5.74) is 1.12. The van der Waals surface area contributed by atoms with E-state index in [1.807, 2.05) is 6.92 Å². The molecule has 1 aliphatic rings. The highest BCUT2D eigenvalue weighted by Crippen LogP contribution is 2.33. The maximum absolute atomic E-state index is 14.2. The molecule has 1 atom stereocenters. The number of nitrogens with zero attached hydrogens (tertiary/aromatic N) is 7. The van der Waals surface area contributed by atoms with Crippen LogP contribution in [0.3, 0.4) is 0 Å². The molecule has 3 aromatic heterocycles. The summed E-state index contributed by atoms with van der Waals surface area (Å²) in [4.78, 5) is 28.9. The zero-order chi connectivity index (χ0) is 24.6. The second-order valence-corrected chi connectivity index (χ2v) is 8.86. The summed E-state index contributed by atoms with van der Waals surface area (Å²) in [6.45, 7) is 5.99. The van der Waals surface area contributed by atoms with Crippen LogP contribution in [-0.4, -0.2) is 68.8 Å². The Morgan fingerprint density at radius 2 is 2.03 bits per heavy atom. The third-order valence-electron chi connectivity index (χ3n) is 6.07. The van der Waals surface area contributed by atoms with Gasteiger partial charge in [-0.3, -0.25) is 4.79 Å².